The molecule has 2 heterocycles. The van der Waals surface area contributed by atoms with E-state index in [2.05, 4.69) is 15.1 Å². The summed E-state index contributed by atoms with van der Waals surface area (Å²) >= 11 is 0. The maximum atomic E-state index is 13.1. The number of amides is 1. The van der Waals surface area contributed by atoms with Gasteiger partial charge in [-0.2, -0.15) is 5.10 Å². The van der Waals surface area contributed by atoms with Gasteiger partial charge in [-0.05, 0) is 38.8 Å². The largest absolute Gasteiger partial charge is 0.330 e. The minimum atomic E-state index is -0.0524. The van der Waals surface area contributed by atoms with E-state index < -0.39 is 0 Å². The van der Waals surface area contributed by atoms with Gasteiger partial charge >= 0.3 is 0 Å². The molecule has 1 amide bonds. The molecular weight excluding hydrogens is 314 g/mol. The van der Waals surface area contributed by atoms with E-state index in [-0.39, 0.29) is 5.91 Å². The van der Waals surface area contributed by atoms with E-state index in [4.69, 9.17) is 0 Å². The standard InChI is InChI=1S/C19H21N5O/c1-12-15(13(2)23(3)22-12)11-24(14-8-9-14)19(25)18-10-20-16-6-4-5-7-17(16)21-18/h4-7,10,14H,8-9,11H2,1-3H3. The number of benzene rings is 1. The molecule has 128 valence electrons. The van der Waals surface area contributed by atoms with E-state index >= 15 is 0 Å². The Balaban J connectivity index is 1.66. The van der Waals surface area contributed by atoms with Crippen LogP contribution in [0.1, 0.15) is 40.3 Å². The molecule has 6 nitrogen and oxygen atoms in total. The molecule has 0 unspecified atom stereocenters. The van der Waals surface area contributed by atoms with Crippen LogP contribution in [0.3, 0.4) is 0 Å². The molecule has 1 saturated carbocycles. The highest BCUT2D eigenvalue weighted by Crippen LogP contribution is 2.30. The molecular formula is C19H21N5O. The number of aromatic nitrogens is 4. The molecule has 1 fully saturated rings. The van der Waals surface area contributed by atoms with Crippen molar-refractivity contribution in [3.63, 3.8) is 0 Å². The van der Waals surface area contributed by atoms with Gasteiger partial charge < -0.3 is 4.90 Å². The Kier molecular flexibility index (Phi) is 3.75. The predicted molar refractivity (Wildman–Crippen MR) is 95.1 cm³/mol. The maximum absolute atomic E-state index is 13.1. The van der Waals surface area contributed by atoms with Gasteiger partial charge in [0.25, 0.3) is 5.91 Å². The topological polar surface area (TPSA) is 63.9 Å². The Bertz CT molecular complexity index is 958. The number of fused-ring (bicyclic) bond motifs is 1. The highest BCUT2D eigenvalue weighted by molar-refractivity contribution is 5.94. The lowest BCUT2D eigenvalue weighted by molar-refractivity contribution is 0.0723. The van der Waals surface area contributed by atoms with Gasteiger partial charge in [0.05, 0.1) is 22.9 Å². The second-order valence-corrected chi connectivity index (χ2v) is 6.68. The number of hydrogen-bond acceptors (Lipinski definition) is 4. The van der Waals surface area contributed by atoms with E-state index in [1.165, 1.54) is 0 Å². The number of carbonyl (C=O) groups is 1. The van der Waals surface area contributed by atoms with Crippen molar-refractivity contribution in [3.8, 4) is 0 Å². The van der Waals surface area contributed by atoms with Crippen LogP contribution in [0, 0.1) is 13.8 Å². The molecule has 3 aromatic rings. The fraction of sp³-hybridized carbons (Fsp3) is 0.368. The number of aryl methyl sites for hydroxylation is 2. The SMILES string of the molecule is Cc1nn(C)c(C)c1CN(C(=O)c1cnc2ccccc2n1)C1CC1. The summed E-state index contributed by atoms with van der Waals surface area (Å²) in [4.78, 5) is 23.9. The second kappa shape index (κ2) is 5.95. The highest BCUT2D eigenvalue weighted by Gasteiger charge is 2.34. The van der Waals surface area contributed by atoms with Crippen molar-refractivity contribution < 1.29 is 4.79 Å². The van der Waals surface area contributed by atoms with Gasteiger partial charge in [-0.25, -0.2) is 4.98 Å². The summed E-state index contributed by atoms with van der Waals surface area (Å²) < 4.78 is 1.87. The van der Waals surface area contributed by atoms with Gasteiger partial charge in [0.15, 0.2) is 0 Å². The normalized spacial score (nSPS) is 14.0. The summed E-state index contributed by atoms with van der Waals surface area (Å²) in [6.07, 6.45) is 3.68. The number of rotatable bonds is 4. The van der Waals surface area contributed by atoms with E-state index in [9.17, 15) is 4.79 Å². The van der Waals surface area contributed by atoms with Gasteiger partial charge in [0.2, 0.25) is 0 Å². The van der Waals surface area contributed by atoms with Crippen molar-refractivity contribution >= 4 is 16.9 Å². The van der Waals surface area contributed by atoms with E-state index in [0.717, 1.165) is 40.8 Å². The average molecular weight is 335 g/mol. The molecule has 1 aliphatic carbocycles. The lowest BCUT2D eigenvalue weighted by Crippen LogP contribution is -2.33. The van der Waals surface area contributed by atoms with E-state index in [1.54, 1.807) is 6.20 Å². The van der Waals surface area contributed by atoms with E-state index in [0.29, 0.717) is 18.3 Å². The van der Waals surface area contributed by atoms with Crippen molar-refractivity contribution in [2.75, 3.05) is 0 Å². The number of nitrogens with zero attached hydrogens (tertiary/aromatic N) is 5. The van der Waals surface area contributed by atoms with Crippen LogP contribution in [-0.2, 0) is 13.6 Å². The quantitative estimate of drug-likeness (QED) is 0.735. The molecule has 4 rings (SSSR count). The van der Waals surface area contributed by atoms with Crippen LogP contribution in [0.15, 0.2) is 30.5 Å². The summed E-state index contributed by atoms with van der Waals surface area (Å²) in [6.45, 7) is 4.61. The lowest BCUT2D eigenvalue weighted by atomic mass is 10.1. The predicted octanol–water partition coefficient (Wildman–Crippen LogP) is 2.78. The van der Waals surface area contributed by atoms with Gasteiger partial charge in [-0.15, -0.1) is 0 Å². The minimum Gasteiger partial charge on any atom is -0.330 e. The van der Waals surface area contributed by atoms with Crippen LogP contribution in [0.25, 0.3) is 11.0 Å². The molecule has 0 saturated heterocycles. The molecule has 0 N–H and O–H groups in total. The van der Waals surface area contributed by atoms with Crippen molar-refractivity contribution in [2.45, 2.75) is 39.3 Å². The zero-order chi connectivity index (χ0) is 17.6. The molecule has 1 aliphatic rings. The molecule has 0 spiro atoms. The molecule has 0 radical (unpaired) electrons. The van der Waals surface area contributed by atoms with Crippen molar-refractivity contribution in [3.05, 3.63) is 53.1 Å². The first-order valence-electron chi connectivity index (χ1n) is 8.56. The molecule has 6 heteroatoms. The van der Waals surface area contributed by atoms with Gasteiger partial charge in [-0.3, -0.25) is 14.5 Å². The number of hydrogen-bond donors (Lipinski definition) is 0. The first kappa shape index (κ1) is 15.7. The molecule has 0 bridgehead atoms. The van der Waals surface area contributed by atoms with Crippen molar-refractivity contribution in [1.29, 1.82) is 0 Å². The average Bonchev–Trinajstić information content (AvgIpc) is 3.42. The van der Waals surface area contributed by atoms with Crippen LogP contribution >= 0.6 is 0 Å². The zero-order valence-electron chi connectivity index (χ0n) is 14.7. The van der Waals surface area contributed by atoms with Crippen molar-refractivity contribution in [1.82, 2.24) is 24.6 Å². The fourth-order valence-corrected chi connectivity index (χ4v) is 3.18. The van der Waals surface area contributed by atoms with Gasteiger partial charge in [0.1, 0.15) is 5.69 Å². The molecule has 25 heavy (non-hydrogen) atoms. The summed E-state index contributed by atoms with van der Waals surface area (Å²) in [5.41, 5.74) is 5.15. The highest BCUT2D eigenvalue weighted by atomic mass is 16.2. The van der Waals surface area contributed by atoms with E-state index in [1.807, 2.05) is 54.7 Å². The van der Waals surface area contributed by atoms with Crippen LogP contribution in [0.5, 0.6) is 0 Å². The smallest absolute Gasteiger partial charge is 0.274 e. The zero-order valence-corrected chi connectivity index (χ0v) is 14.7. The van der Waals surface area contributed by atoms with Gasteiger partial charge in [0, 0.05) is 30.9 Å². The Morgan fingerprint density at radius 2 is 1.96 bits per heavy atom. The van der Waals surface area contributed by atoms with Crippen LogP contribution in [-0.4, -0.2) is 36.6 Å². The van der Waals surface area contributed by atoms with Crippen LogP contribution in [0.2, 0.25) is 0 Å². The van der Waals surface area contributed by atoms with Gasteiger partial charge in [-0.1, -0.05) is 12.1 Å². The van der Waals surface area contributed by atoms with Crippen LogP contribution < -0.4 is 0 Å². The fourth-order valence-electron chi connectivity index (χ4n) is 3.18. The number of para-hydroxylation sites is 2. The monoisotopic (exact) mass is 335 g/mol. The molecule has 2 aromatic heterocycles. The third kappa shape index (κ3) is 2.88. The van der Waals surface area contributed by atoms with Crippen LogP contribution in [0.4, 0.5) is 0 Å². The first-order valence-corrected chi connectivity index (χ1v) is 8.56. The summed E-state index contributed by atoms with van der Waals surface area (Å²) in [6, 6.07) is 7.91. The Hall–Kier alpha value is -2.76. The third-order valence-electron chi connectivity index (χ3n) is 4.90. The number of carbonyl (C=O) groups excluding carboxylic acids is 1. The summed E-state index contributed by atoms with van der Waals surface area (Å²) in [7, 11) is 1.93. The Morgan fingerprint density at radius 1 is 1.24 bits per heavy atom. The molecule has 1 aromatic carbocycles. The Labute approximate surface area is 146 Å². The third-order valence-corrected chi connectivity index (χ3v) is 4.90. The molecule has 0 atom stereocenters. The summed E-state index contributed by atoms with van der Waals surface area (Å²) in [5.74, 6) is -0.0524. The Morgan fingerprint density at radius 3 is 2.60 bits per heavy atom. The lowest BCUT2D eigenvalue weighted by Gasteiger charge is -2.22. The minimum absolute atomic E-state index is 0.0524. The maximum Gasteiger partial charge on any atom is 0.274 e. The van der Waals surface area contributed by atoms with Crippen molar-refractivity contribution in [2.24, 2.45) is 7.05 Å². The molecule has 0 aliphatic heterocycles. The first-order chi connectivity index (χ1) is 12.0. The second-order valence-electron chi connectivity index (χ2n) is 6.68. The summed E-state index contributed by atoms with van der Waals surface area (Å²) in [5, 5.41) is 4.47.